The van der Waals surface area contributed by atoms with Gasteiger partial charge in [0.1, 0.15) is 0 Å². The van der Waals surface area contributed by atoms with Crippen molar-refractivity contribution in [3.8, 4) is 0 Å². The molecule has 0 saturated heterocycles. The standard InChI is InChI=1S/C15H16N2O6S2/c1-8(18)24-6-13(20)16-11-4-3-10(15(22)23)5-12(11)17-14(21)7-25-9(2)19/h3-5H,6-7H2,1-2H3,(H,16,20)(H,17,21)(H,22,23). The number of hydrogen-bond acceptors (Lipinski definition) is 7. The second kappa shape index (κ2) is 9.84. The number of anilines is 2. The van der Waals surface area contributed by atoms with E-state index in [0.29, 0.717) is 0 Å². The third-order valence-corrected chi connectivity index (χ3v) is 4.25. The van der Waals surface area contributed by atoms with Gasteiger partial charge >= 0.3 is 5.97 Å². The van der Waals surface area contributed by atoms with Gasteiger partial charge in [-0.25, -0.2) is 4.79 Å². The first-order chi connectivity index (χ1) is 11.7. The summed E-state index contributed by atoms with van der Waals surface area (Å²) in [5, 5.41) is 13.6. The zero-order chi connectivity index (χ0) is 19.0. The Labute approximate surface area is 152 Å². The van der Waals surface area contributed by atoms with E-state index in [-0.39, 0.29) is 38.7 Å². The van der Waals surface area contributed by atoms with Crippen LogP contribution in [0.1, 0.15) is 24.2 Å². The molecule has 0 saturated carbocycles. The predicted octanol–water partition coefficient (Wildman–Crippen LogP) is 1.82. The van der Waals surface area contributed by atoms with Crippen molar-refractivity contribution in [3.63, 3.8) is 0 Å². The van der Waals surface area contributed by atoms with Gasteiger partial charge in [-0.05, 0) is 18.2 Å². The quantitative estimate of drug-likeness (QED) is 0.649. The SMILES string of the molecule is CC(=O)SCC(=O)Nc1ccc(C(=O)O)cc1NC(=O)CSC(C)=O. The lowest BCUT2D eigenvalue weighted by atomic mass is 10.1. The van der Waals surface area contributed by atoms with Crippen LogP contribution in [0.3, 0.4) is 0 Å². The third kappa shape index (κ3) is 7.86. The van der Waals surface area contributed by atoms with Crippen LogP contribution in [0.25, 0.3) is 0 Å². The lowest BCUT2D eigenvalue weighted by Gasteiger charge is -2.13. The summed E-state index contributed by atoms with van der Waals surface area (Å²) in [6, 6.07) is 3.82. The Kier molecular flexibility index (Phi) is 8.16. The molecular weight excluding hydrogens is 368 g/mol. The monoisotopic (exact) mass is 384 g/mol. The fourth-order valence-corrected chi connectivity index (χ4v) is 2.41. The van der Waals surface area contributed by atoms with Gasteiger partial charge < -0.3 is 15.7 Å². The minimum atomic E-state index is -1.20. The number of thioether (sulfide) groups is 2. The van der Waals surface area contributed by atoms with Crippen LogP contribution < -0.4 is 10.6 Å². The molecule has 10 heteroatoms. The number of nitrogens with one attached hydrogen (secondary N) is 2. The summed E-state index contributed by atoms with van der Waals surface area (Å²) in [4.78, 5) is 56.6. The molecular formula is C15H16N2O6S2. The highest BCUT2D eigenvalue weighted by molar-refractivity contribution is 8.14. The van der Waals surface area contributed by atoms with E-state index >= 15 is 0 Å². The fourth-order valence-electron chi connectivity index (χ4n) is 1.60. The predicted molar refractivity (Wildman–Crippen MR) is 96.9 cm³/mol. The Morgan fingerprint density at radius 1 is 0.880 bits per heavy atom. The van der Waals surface area contributed by atoms with Gasteiger partial charge in [0.15, 0.2) is 10.2 Å². The lowest BCUT2D eigenvalue weighted by Crippen LogP contribution is -2.20. The van der Waals surface area contributed by atoms with Crippen molar-refractivity contribution in [2.24, 2.45) is 0 Å². The lowest BCUT2D eigenvalue weighted by molar-refractivity contribution is -0.115. The molecule has 0 spiro atoms. The molecule has 3 N–H and O–H groups in total. The number of carboxylic acid groups (broad SMARTS) is 1. The van der Waals surface area contributed by atoms with Gasteiger partial charge in [0, 0.05) is 13.8 Å². The topological polar surface area (TPSA) is 130 Å². The van der Waals surface area contributed by atoms with E-state index in [4.69, 9.17) is 5.11 Å². The molecule has 0 aliphatic heterocycles. The summed E-state index contributed by atoms with van der Waals surface area (Å²) < 4.78 is 0. The fraction of sp³-hybridized carbons (Fsp3) is 0.267. The van der Waals surface area contributed by atoms with Crippen LogP contribution in [0, 0.1) is 0 Å². The molecule has 0 radical (unpaired) electrons. The van der Waals surface area contributed by atoms with Gasteiger partial charge in [-0.15, -0.1) is 0 Å². The number of aromatic carboxylic acids is 1. The molecule has 8 nitrogen and oxygen atoms in total. The van der Waals surface area contributed by atoms with Crippen LogP contribution in [0.15, 0.2) is 18.2 Å². The highest BCUT2D eigenvalue weighted by Crippen LogP contribution is 2.24. The van der Waals surface area contributed by atoms with Crippen molar-refractivity contribution >= 4 is 62.9 Å². The Morgan fingerprint density at radius 2 is 1.36 bits per heavy atom. The van der Waals surface area contributed by atoms with Crippen molar-refractivity contribution in [3.05, 3.63) is 23.8 Å². The maximum atomic E-state index is 11.9. The van der Waals surface area contributed by atoms with Crippen LogP contribution in [0.2, 0.25) is 0 Å². The Morgan fingerprint density at radius 3 is 1.80 bits per heavy atom. The van der Waals surface area contributed by atoms with E-state index in [9.17, 15) is 24.0 Å². The van der Waals surface area contributed by atoms with Crippen molar-refractivity contribution in [2.45, 2.75) is 13.8 Å². The smallest absolute Gasteiger partial charge is 0.335 e. The number of rotatable bonds is 7. The number of carboxylic acids is 1. The summed E-state index contributed by atoms with van der Waals surface area (Å²) >= 11 is 1.63. The van der Waals surface area contributed by atoms with E-state index in [1.165, 1.54) is 32.0 Å². The summed E-state index contributed by atoms with van der Waals surface area (Å²) in [7, 11) is 0. The molecule has 1 rings (SSSR count). The number of carbonyl (C=O) groups excluding carboxylic acids is 4. The second-order valence-electron chi connectivity index (χ2n) is 4.72. The Hall–Kier alpha value is -2.33. The van der Waals surface area contributed by atoms with Gasteiger partial charge in [0.25, 0.3) is 0 Å². The molecule has 0 bridgehead atoms. The molecule has 25 heavy (non-hydrogen) atoms. The molecule has 0 heterocycles. The Bertz CT molecular complexity index is 720. The average molecular weight is 384 g/mol. The highest BCUT2D eigenvalue weighted by atomic mass is 32.2. The van der Waals surface area contributed by atoms with E-state index in [1.807, 2.05) is 0 Å². The van der Waals surface area contributed by atoms with Gasteiger partial charge in [-0.3, -0.25) is 19.2 Å². The first-order valence-electron chi connectivity index (χ1n) is 6.92. The molecule has 2 amide bonds. The van der Waals surface area contributed by atoms with Gasteiger partial charge in [-0.1, -0.05) is 23.5 Å². The number of amides is 2. The van der Waals surface area contributed by atoms with Crippen LogP contribution in [-0.4, -0.2) is 44.6 Å². The maximum Gasteiger partial charge on any atom is 0.335 e. The third-order valence-electron chi connectivity index (χ3n) is 2.63. The van der Waals surface area contributed by atoms with Crippen molar-refractivity contribution in [2.75, 3.05) is 22.1 Å². The number of carbonyl (C=O) groups is 5. The first kappa shape index (κ1) is 20.7. The normalized spacial score (nSPS) is 10.0. The first-order valence-corrected chi connectivity index (χ1v) is 8.90. The summed E-state index contributed by atoms with van der Waals surface area (Å²) in [6.45, 7) is 2.65. The maximum absolute atomic E-state index is 11.9. The molecule has 1 aromatic rings. The largest absolute Gasteiger partial charge is 0.478 e. The van der Waals surface area contributed by atoms with E-state index in [2.05, 4.69) is 10.6 Å². The summed E-state index contributed by atoms with van der Waals surface area (Å²) in [5.41, 5.74) is 0.209. The molecule has 0 aliphatic rings. The number of benzene rings is 1. The Balaban J connectivity index is 2.93. The molecule has 0 atom stereocenters. The van der Waals surface area contributed by atoms with Gasteiger partial charge in [0.2, 0.25) is 11.8 Å². The van der Waals surface area contributed by atoms with Crippen LogP contribution in [0.4, 0.5) is 11.4 Å². The van der Waals surface area contributed by atoms with E-state index in [0.717, 1.165) is 23.5 Å². The average Bonchev–Trinajstić information content (AvgIpc) is 2.52. The van der Waals surface area contributed by atoms with Crippen molar-refractivity contribution < 1.29 is 29.1 Å². The van der Waals surface area contributed by atoms with Gasteiger partial charge in [0.05, 0.1) is 28.4 Å². The molecule has 0 aromatic heterocycles. The molecule has 0 fully saturated rings. The number of hydrogen-bond donors (Lipinski definition) is 3. The van der Waals surface area contributed by atoms with Crippen LogP contribution >= 0.6 is 23.5 Å². The molecule has 134 valence electrons. The zero-order valence-corrected chi connectivity index (χ0v) is 15.1. The van der Waals surface area contributed by atoms with Crippen molar-refractivity contribution in [1.82, 2.24) is 0 Å². The summed E-state index contributed by atoms with van der Waals surface area (Å²) in [6.07, 6.45) is 0. The van der Waals surface area contributed by atoms with E-state index < -0.39 is 17.8 Å². The van der Waals surface area contributed by atoms with E-state index in [1.54, 1.807) is 0 Å². The minimum absolute atomic E-state index is 0.0781. The zero-order valence-electron chi connectivity index (χ0n) is 13.5. The van der Waals surface area contributed by atoms with Crippen molar-refractivity contribution in [1.29, 1.82) is 0 Å². The van der Waals surface area contributed by atoms with Crippen LogP contribution in [0.5, 0.6) is 0 Å². The van der Waals surface area contributed by atoms with Crippen LogP contribution in [-0.2, 0) is 19.2 Å². The molecule has 1 aromatic carbocycles. The van der Waals surface area contributed by atoms with Gasteiger partial charge in [-0.2, -0.15) is 0 Å². The second-order valence-corrected chi connectivity index (χ2v) is 7.03. The molecule has 0 unspecified atom stereocenters. The highest BCUT2D eigenvalue weighted by Gasteiger charge is 2.14. The molecule has 0 aliphatic carbocycles. The summed E-state index contributed by atoms with van der Waals surface area (Å²) in [5.74, 6) is -2.43. The minimum Gasteiger partial charge on any atom is -0.478 e.